The Morgan fingerprint density at radius 3 is 2.72 bits per heavy atom. The molecule has 2 heterocycles. The molecule has 1 saturated heterocycles. The van der Waals surface area contributed by atoms with Crippen LogP contribution in [0.2, 0.25) is 0 Å². The Labute approximate surface area is 200 Å². The molecule has 0 unspecified atom stereocenters. The molecular weight excluding hydrogens is 462 g/mol. The van der Waals surface area contributed by atoms with Gasteiger partial charge in [-0.1, -0.05) is 41.9 Å². The monoisotopic (exact) mass is 495 g/mol. The van der Waals surface area contributed by atoms with Crippen molar-refractivity contribution < 1.29 is 4.74 Å². The number of aromatic nitrogens is 2. The van der Waals surface area contributed by atoms with E-state index in [1.165, 1.54) is 45.3 Å². The molecule has 3 aromatic rings. The van der Waals surface area contributed by atoms with Crippen molar-refractivity contribution in [2.24, 2.45) is 5.92 Å². The van der Waals surface area contributed by atoms with Crippen LogP contribution in [0.1, 0.15) is 54.7 Å². The maximum absolute atomic E-state index is 6.11. The molecule has 2 aliphatic rings. The number of likely N-dealkylation sites (tertiary alicyclic amines) is 1. The smallest absolute Gasteiger partial charge is 0.112 e. The number of ether oxygens (including phenoxy) is 1. The Hall–Kier alpha value is -1.69. The van der Waals surface area contributed by atoms with E-state index in [4.69, 9.17) is 9.72 Å². The Bertz CT molecular complexity index is 1120. The van der Waals surface area contributed by atoms with Crippen LogP contribution in [0.4, 0.5) is 0 Å². The molecule has 1 aliphatic heterocycles. The number of hydrogen-bond acceptors (Lipinski definition) is 3. The second kappa shape index (κ2) is 8.92. The fourth-order valence-electron chi connectivity index (χ4n) is 5.82. The van der Waals surface area contributed by atoms with Gasteiger partial charge in [-0.05, 0) is 73.1 Å². The molecule has 2 aromatic carbocycles. The normalized spacial score (nSPS) is 23.9. The zero-order valence-corrected chi connectivity index (χ0v) is 21.2. The zero-order chi connectivity index (χ0) is 22.4. The summed E-state index contributed by atoms with van der Waals surface area (Å²) in [5.74, 6) is 2.27. The molecule has 5 rings (SSSR count). The molecule has 32 heavy (non-hydrogen) atoms. The van der Waals surface area contributed by atoms with Crippen molar-refractivity contribution in [2.45, 2.75) is 58.1 Å². The van der Waals surface area contributed by atoms with Gasteiger partial charge in [-0.15, -0.1) is 0 Å². The molecule has 0 bridgehead atoms. The van der Waals surface area contributed by atoms with Crippen LogP contribution in [0.25, 0.3) is 11.0 Å². The van der Waals surface area contributed by atoms with Gasteiger partial charge in [-0.3, -0.25) is 0 Å². The number of imidazole rings is 1. The first-order chi connectivity index (χ1) is 15.4. The second-order valence-electron chi connectivity index (χ2n) is 10.1. The van der Waals surface area contributed by atoms with Crippen molar-refractivity contribution in [1.82, 2.24) is 14.5 Å². The van der Waals surface area contributed by atoms with Crippen LogP contribution in [-0.4, -0.2) is 47.3 Å². The number of benzene rings is 2. The van der Waals surface area contributed by atoms with Crippen LogP contribution in [-0.2, 0) is 17.6 Å². The molecule has 5 heteroatoms. The molecule has 1 aliphatic carbocycles. The third kappa shape index (κ3) is 4.15. The molecule has 4 nitrogen and oxygen atoms in total. The molecule has 0 amide bonds. The number of aryl methyl sites for hydroxylation is 1. The van der Waals surface area contributed by atoms with Gasteiger partial charge in [0.25, 0.3) is 0 Å². The second-order valence-corrected chi connectivity index (χ2v) is 11.0. The first-order valence-electron chi connectivity index (χ1n) is 11.9. The molecule has 1 fully saturated rings. The summed E-state index contributed by atoms with van der Waals surface area (Å²) in [6.45, 7) is 9.89. The summed E-state index contributed by atoms with van der Waals surface area (Å²) in [6.07, 6.45) is 3.67. The van der Waals surface area contributed by atoms with E-state index < -0.39 is 0 Å². The Kier molecular flexibility index (Phi) is 6.17. The van der Waals surface area contributed by atoms with E-state index in [-0.39, 0.29) is 6.10 Å². The molecule has 170 valence electrons. The lowest BCUT2D eigenvalue weighted by atomic mass is 9.97. The molecule has 3 atom stereocenters. The van der Waals surface area contributed by atoms with Gasteiger partial charge in [0.1, 0.15) is 5.82 Å². The standard InChI is InChI=1S/C27H34BrN3O/c1-17(2)27-29-23-11-18(3)5-8-24(23)31(27)25-9-10-30(16-26(25)32-4)15-19-12-20-6-7-22(28)14-21(20)13-19/h5-8,11,14,17,19,25-26H,9-10,12-13,15-16H2,1-4H3/t19-,25-,26+/m1/s1. The highest BCUT2D eigenvalue weighted by atomic mass is 79.9. The molecule has 0 saturated carbocycles. The Balaban J connectivity index is 1.34. The van der Waals surface area contributed by atoms with E-state index in [1.807, 2.05) is 7.11 Å². The fraction of sp³-hybridized carbons (Fsp3) is 0.519. The van der Waals surface area contributed by atoms with Crippen LogP contribution >= 0.6 is 15.9 Å². The summed E-state index contributed by atoms with van der Waals surface area (Å²) in [5.41, 5.74) is 6.67. The highest BCUT2D eigenvalue weighted by molar-refractivity contribution is 9.10. The number of nitrogens with zero attached hydrogens (tertiary/aromatic N) is 3. The van der Waals surface area contributed by atoms with E-state index in [0.29, 0.717) is 17.9 Å². The third-order valence-electron chi connectivity index (χ3n) is 7.33. The van der Waals surface area contributed by atoms with Crippen molar-refractivity contribution in [2.75, 3.05) is 26.7 Å². The topological polar surface area (TPSA) is 30.3 Å². The van der Waals surface area contributed by atoms with Gasteiger partial charge in [0.05, 0.1) is 23.2 Å². The minimum Gasteiger partial charge on any atom is -0.378 e. The van der Waals surface area contributed by atoms with E-state index >= 15 is 0 Å². The average Bonchev–Trinajstić information content (AvgIpc) is 3.33. The summed E-state index contributed by atoms with van der Waals surface area (Å²) in [4.78, 5) is 7.67. The van der Waals surface area contributed by atoms with Gasteiger partial charge in [-0.25, -0.2) is 4.98 Å². The molecular formula is C27H34BrN3O. The number of fused-ring (bicyclic) bond motifs is 2. The largest absolute Gasteiger partial charge is 0.378 e. The highest BCUT2D eigenvalue weighted by Gasteiger charge is 2.35. The summed E-state index contributed by atoms with van der Waals surface area (Å²) < 4.78 is 9.80. The van der Waals surface area contributed by atoms with Crippen molar-refractivity contribution in [3.63, 3.8) is 0 Å². The predicted molar refractivity (Wildman–Crippen MR) is 134 cm³/mol. The van der Waals surface area contributed by atoms with E-state index in [2.05, 4.69) is 82.6 Å². The van der Waals surface area contributed by atoms with Gasteiger partial charge in [0.15, 0.2) is 0 Å². The SMILES string of the molecule is CO[C@H]1CN(C[C@@H]2Cc3ccc(Br)cc3C2)CC[C@H]1n1c(C(C)C)nc2cc(C)ccc21. The molecule has 1 aromatic heterocycles. The molecule has 0 N–H and O–H groups in total. The van der Waals surface area contributed by atoms with Gasteiger partial charge < -0.3 is 14.2 Å². The Morgan fingerprint density at radius 2 is 1.94 bits per heavy atom. The van der Waals surface area contributed by atoms with Crippen molar-refractivity contribution >= 4 is 27.0 Å². The van der Waals surface area contributed by atoms with Gasteiger partial charge in [0, 0.05) is 37.1 Å². The van der Waals surface area contributed by atoms with Crippen LogP contribution in [0.5, 0.6) is 0 Å². The molecule has 0 spiro atoms. The number of methoxy groups -OCH3 is 1. The lowest BCUT2D eigenvalue weighted by Crippen LogP contribution is -2.47. The average molecular weight is 496 g/mol. The van der Waals surface area contributed by atoms with E-state index in [0.717, 1.165) is 31.6 Å². The van der Waals surface area contributed by atoms with Crippen LogP contribution in [0, 0.1) is 12.8 Å². The fourth-order valence-corrected chi connectivity index (χ4v) is 6.22. The summed E-state index contributed by atoms with van der Waals surface area (Å²) >= 11 is 3.63. The van der Waals surface area contributed by atoms with E-state index in [9.17, 15) is 0 Å². The summed E-state index contributed by atoms with van der Waals surface area (Å²) in [5, 5.41) is 0. The summed E-state index contributed by atoms with van der Waals surface area (Å²) in [6, 6.07) is 13.8. The number of rotatable bonds is 5. The third-order valence-corrected chi connectivity index (χ3v) is 7.83. The zero-order valence-electron chi connectivity index (χ0n) is 19.6. The predicted octanol–water partition coefficient (Wildman–Crippen LogP) is 5.91. The quantitative estimate of drug-likeness (QED) is 0.440. The lowest BCUT2D eigenvalue weighted by Gasteiger charge is -2.40. The number of halogens is 1. The van der Waals surface area contributed by atoms with Gasteiger partial charge >= 0.3 is 0 Å². The number of hydrogen-bond donors (Lipinski definition) is 0. The number of piperidine rings is 1. The minimum atomic E-state index is 0.179. The van der Waals surface area contributed by atoms with Crippen molar-refractivity contribution in [3.05, 3.63) is 63.4 Å². The van der Waals surface area contributed by atoms with Crippen LogP contribution in [0.15, 0.2) is 40.9 Å². The highest BCUT2D eigenvalue weighted by Crippen LogP contribution is 2.35. The van der Waals surface area contributed by atoms with Crippen molar-refractivity contribution in [1.29, 1.82) is 0 Å². The van der Waals surface area contributed by atoms with E-state index in [1.54, 1.807) is 0 Å². The van der Waals surface area contributed by atoms with Crippen LogP contribution < -0.4 is 0 Å². The Morgan fingerprint density at radius 1 is 1.12 bits per heavy atom. The summed E-state index contributed by atoms with van der Waals surface area (Å²) in [7, 11) is 1.88. The van der Waals surface area contributed by atoms with Gasteiger partial charge in [-0.2, -0.15) is 0 Å². The van der Waals surface area contributed by atoms with Gasteiger partial charge in [0.2, 0.25) is 0 Å². The minimum absolute atomic E-state index is 0.179. The first kappa shape index (κ1) is 22.1. The maximum Gasteiger partial charge on any atom is 0.112 e. The van der Waals surface area contributed by atoms with Crippen molar-refractivity contribution in [3.8, 4) is 0 Å². The lowest BCUT2D eigenvalue weighted by molar-refractivity contribution is -0.00966. The first-order valence-corrected chi connectivity index (χ1v) is 12.7. The maximum atomic E-state index is 6.11. The van der Waals surface area contributed by atoms with Crippen LogP contribution in [0.3, 0.4) is 0 Å². The molecule has 0 radical (unpaired) electrons.